The van der Waals surface area contributed by atoms with Crippen molar-refractivity contribution in [3.05, 3.63) is 70.3 Å². The van der Waals surface area contributed by atoms with Crippen molar-refractivity contribution >= 4 is 29.1 Å². The average molecular weight is 499 g/mol. The fraction of sp³-hybridized carbons (Fsp3) is 0.407. The largest absolute Gasteiger partial charge is 0.507 e. The fourth-order valence-electron chi connectivity index (χ4n) is 4.48. The van der Waals surface area contributed by atoms with Crippen LogP contribution in [0.1, 0.15) is 36.9 Å². The first-order valence-corrected chi connectivity index (χ1v) is 12.4. The molecule has 0 aliphatic carbocycles. The molecule has 4 rings (SSSR count). The van der Waals surface area contributed by atoms with Crippen LogP contribution in [0.25, 0.3) is 5.76 Å². The summed E-state index contributed by atoms with van der Waals surface area (Å²) in [6, 6.07) is 13.3. The lowest BCUT2D eigenvalue weighted by atomic mass is 9.95. The Morgan fingerprint density at radius 1 is 1.06 bits per heavy atom. The van der Waals surface area contributed by atoms with E-state index in [9.17, 15) is 14.7 Å². The second kappa shape index (κ2) is 11.7. The van der Waals surface area contributed by atoms with Gasteiger partial charge in [0.2, 0.25) is 0 Å². The highest BCUT2D eigenvalue weighted by atomic mass is 35.5. The summed E-state index contributed by atoms with van der Waals surface area (Å²) in [7, 11) is 0. The Morgan fingerprint density at radius 2 is 1.74 bits per heavy atom. The maximum absolute atomic E-state index is 13.2. The normalized spacial score (nSPS) is 20.4. The zero-order chi connectivity index (χ0) is 24.8. The molecule has 2 heterocycles. The fourth-order valence-corrected chi connectivity index (χ4v) is 4.60. The molecule has 2 fully saturated rings. The van der Waals surface area contributed by atoms with Crippen molar-refractivity contribution in [2.24, 2.45) is 0 Å². The Hall–Kier alpha value is -2.87. The van der Waals surface area contributed by atoms with Gasteiger partial charge in [0.05, 0.1) is 31.4 Å². The quantitative estimate of drug-likeness (QED) is 0.316. The molecule has 35 heavy (non-hydrogen) atoms. The van der Waals surface area contributed by atoms with Gasteiger partial charge in [-0.05, 0) is 54.8 Å². The summed E-state index contributed by atoms with van der Waals surface area (Å²) >= 11 is 6.09. The molecule has 2 aliphatic rings. The molecule has 8 heteroatoms. The number of morpholine rings is 1. The number of ketones is 1. The van der Waals surface area contributed by atoms with E-state index < -0.39 is 17.7 Å². The van der Waals surface area contributed by atoms with Crippen LogP contribution in [0.3, 0.4) is 0 Å². The molecule has 7 nitrogen and oxygen atoms in total. The predicted molar refractivity (Wildman–Crippen MR) is 135 cm³/mol. The summed E-state index contributed by atoms with van der Waals surface area (Å²) in [6.45, 7) is 6.95. The Bertz CT molecular complexity index is 1060. The molecular weight excluding hydrogens is 468 g/mol. The van der Waals surface area contributed by atoms with Crippen molar-refractivity contribution in [1.29, 1.82) is 0 Å². The Balaban J connectivity index is 1.63. The number of ether oxygens (including phenoxy) is 2. The van der Waals surface area contributed by atoms with E-state index in [0.717, 1.165) is 31.6 Å². The number of benzene rings is 2. The molecular formula is C27H31ClN2O5. The number of aliphatic hydroxyl groups excluding tert-OH is 1. The first-order chi connectivity index (χ1) is 17.0. The van der Waals surface area contributed by atoms with Gasteiger partial charge in [-0.1, -0.05) is 30.7 Å². The predicted octanol–water partition coefficient (Wildman–Crippen LogP) is 4.27. The highest BCUT2D eigenvalue weighted by Gasteiger charge is 2.45. The molecule has 2 saturated heterocycles. The lowest BCUT2D eigenvalue weighted by Gasteiger charge is -2.29. The number of nitrogens with zero attached hydrogens (tertiary/aromatic N) is 2. The van der Waals surface area contributed by atoms with Crippen LogP contribution >= 0.6 is 11.6 Å². The number of likely N-dealkylation sites (tertiary alicyclic amines) is 1. The van der Waals surface area contributed by atoms with E-state index in [-0.39, 0.29) is 11.3 Å². The lowest BCUT2D eigenvalue weighted by molar-refractivity contribution is -0.140. The van der Waals surface area contributed by atoms with Gasteiger partial charge in [0.15, 0.2) is 0 Å². The molecule has 1 atom stereocenters. The molecule has 2 aromatic rings. The first kappa shape index (κ1) is 25.2. The van der Waals surface area contributed by atoms with Gasteiger partial charge in [0, 0.05) is 36.8 Å². The SMILES string of the molecule is CCCOc1ccc(/C(O)=C2\C(=O)C(=O)N(CCCN3CCOCC3)C2c2ccc(Cl)cc2)cc1. The number of rotatable bonds is 9. The minimum Gasteiger partial charge on any atom is -0.507 e. The summed E-state index contributed by atoms with van der Waals surface area (Å²) in [5, 5.41) is 11.8. The van der Waals surface area contributed by atoms with E-state index >= 15 is 0 Å². The van der Waals surface area contributed by atoms with E-state index in [1.807, 2.05) is 6.92 Å². The standard InChI is InChI=1S/C27H31ClN2O5/c1-2-16-35-22-10-6-20(7-11-22)25(31)23-24(19-4-8-21(28)9-5-19)30(27(33)26(23)32)13-3-12-29-14-17-34-18-15-29/h4-11,24,31H,2-3,12-18H2,1H3/b25-23+. The van der Waals surface area contributed by atoms with Gasteiger partial charge < -0.3 is 19.5 Å². The first-order valence-electron chi connectivity index (χ1n) is 12.1. The van der Waals surface area contributed by atoms with Crippen molar-refractivity contribution in [3.8, 4) is 5.75 Å². The third kappa shape index (κ3) is 5.86. The molecule has 186 valence electrons. The number of carbonyl (C=O) groups excluding carboxylic acids is 2. The van der Waals surface area contributed by atoms with Gasteiger partial charge in [-0.3, -0.25) is 14.5 Å². The summed E-state index contributed by atoms with van der Waals surface area (Å²) in [6.07, 6.45) is 1.60. The number of carbonyl (C=O) groups is 2. The van der Waals surface area contributed by atoms with Gasteiger partial charge in [-0.25, -0.2) is 0 Å². The third-order valence-electron chi connectivity index (χ3n) is 6.30. The van der Waals surface area contributed by atoms with Crippen LogP contribution in [0.4, 0.5) is 0 Å². The maximum atomic E-state index is 13.2. The molecule has 0 saturated carbocycles. The number of hydrogen-bond acceptors (Lipinski definition) is 6. The monoisotopic (exact) mass is 498 g/mol. The number of hydrogen-bond donors (Lipinski definition) is 1. The Kier molecular flexibility index (Phi) is 8.44. The minimum atomic E-state index is -0.687. The number of halogens is 1. The second-order valence-corrected chi connectivity index (χ2v) is 9.16. The molecule has 0 spiro atoms. The van der Waals surface area contributed by atoms with Crippen molar-refractivity contribution in [2.45, 2.75) is 25.8 Å². The van der Waals surface area contributed by atoms with Crippen LogP contribution in [0.5, 0.6) is 5.75 Å². The van der Waals surface area contributed by atoms with E-state index in [1.54, 1.807) is 53.4 Å². The molecule has 2 aliphatic heterocycles. The summed E-state index contributed by atoms with van der Waals surface area (Å²) in [5.74, 6) is -0.793. The van der Waals surface area contributed by atoms with E-state index in [4.69, 9.17) is 21.1 Å². The molecule has 1 N–H and O–H groups in total. The van der Waals surface area contributed by atoms with Gasteiger partial charge >= 0.3 is 0 Å². The molecule has 2 aromatic carbocycles. The highest BCUT2D eigenvalue weighted by molar-refractivity contribution is 6.46. The van der Waals surface area contributed by atoms with E-state index in [1.165, 1.54) is 0 Å². The summed E-state index contributed by atoms with van der Waals surface area (Å²) in [4.78, 5) is 30.1. The summed E-state index contributed by atoms with van der Waals surface area (Å²) in [5.41, 5.74) is 1.27. The van der Waals surface area contributed by atoms with Gasteiger partial charge in [-0.15, -0.1) is 0 Å². The summed E-state index contributed by atoms with van der Waals surface area (Å²) < 4.78 is 11.0. The maximum Gasteiger partial charge on any atom is 0.295 e. The van der Waals surface area contributed by atoms with Gasteiger partial charge in [0.1, 0.15) is 11.5 Å². The third-order valence-corrected chi connectivity index (χ3v) is 6.56. The van der Waals surface area contributed by atoms with Crippen molar-refractivity contribution in [1.82, 2.24) is 9.80 Å². The lowest BCUT2D eigenvalue weighted by Crippen LogP contribution is -2.38. The van der Waals surface area contributed by atoms with Crippen LogP contribution in [0, 0.1) is 0 Å². The Labute approximate surface area is 210 Å². The van der Waals surface area contributed by atoms with Gasteiger partial charge in [0.25, 0.3) is 11.7 Å². The number of amides is 1. The average Bonchev–Trinajstić information content (AvgIpc) is 3.13. The molecule has 1 amide bonds. The zero-order valence-electron chi connectivity index (χ0n) is 19.9. The van der Waals surface area contributed by atoms with Crippen molar-refractivity contribution < 1.29 is 24.2 Å². The van der Waals surface area contributed by atoms with Crippen molar-refractivity contribution in [2.75, 3.05) is 46.0 Å². The number of Topliss-reactive ketones (excluding diaryl/α,β-unsaturated/α-hetero) is 1. The van der Waals surface area contributed by atoms with Crippen molar-refractivity contribution in [3.63, 3.8) is 0 Å². The second-order valence-electron chi connectivity index (χ2n) is 8.72. The molecule has 0 aromatic heterocycles. The van der Waals surface area contributed by atoms with E-state index in [2.05, 4.69) is 4.90 Å². The topological polar surface area (TPSA) is 79.3 Å². The molecule has 1 unspecified atom stereocenters. The van der Waals surface area contributed by atoms with Crippen LogP contribution in [0.2, 0.25) is 5.02 Å². The zero-order valence-corrected chi connectivity index (χ0v) is 20.7. The van der Waals surface area contributed by atoms with Crippen LogP contribution in [-0.2, 0) is 14.3 Å². The van der Waals surface area contributed by atoms with Crippen LogP contribution in [-0.4, -0.2) is 72.6 Å². The highest BCUT2D eigenvalue weighted by Crippen LogP contribution is 2.40. The smallest absolute Gasteiger partial charge is 0.295 e. The number of aliphatic hydroxyl groups is 1. The Morgan fingerprint density at radius 3 is 2.40 bits per heavy atom. The minimum absolute atomic E-state index is 0.0888. The molecule has 0 radical (unpaired) electrons. The van der Waals surface area contributed by atoms with Crippen LogP contribution < -0.4 is 4.74 Å². The van der Waals surface area contributed by atoms with Crippen LogP contribution in [0.15, 0.2) is 54.1 Å². The van der Waals surface area contributed by atoms with Gasteiger partial charge in [-0.2, -0.15) is 0 Å². The van der Waals surface area contributed by atoms with E-state index in [0.29, 0.717) is 49.1 Å². The molecule has 0 bridgehead atoms.